The Morgan fingerprint density at radius 3 is 2.57 bits per heavy atom. The van der Waals surface area contributed by atoms with Gasteiger partial charge in [-0.2, -0.15) is 0 Å². The van der Waals surface area contributed by atoms with Gasteiger partial charge in [-0.1, -0.05) is 22.9 Å². The van der Waals surface area contributed by atoms with Crippen LogP contribution in [-0.2, 0) is 16.4 Å². The van der Waals surface area contributed by atoms with Crippen molar-refractivity contribution in [3.63, 3.8) is 0 Å². The molecule has 0 aliphatic carbocycles. The zero-order chi connectivity index (χ0) is 15.6. The maximum Gasteiger partial charge on any atom is 0.262 e. The van der Waals surface area contributed by atoms with E-state index in [1.165, 1.54) is 6.07 Å². The van der Waals surface area contributed by atoms with Crippen LogP contribution in [0.5, 0.6) is 0 Å². The molecular formula is C14H14BrFN2O2S. The average Bonchev–Trinajstić information content (AvgIpc) is 2.39. The predicted molar refractivity (Wildman–Crippen MR) is 85.1 cm³/mol. The van der Waals surface area contributed by atoms with E-state index < -0.39 is 15.8 Å². The van der Waals surface area contributed by atoms with Crippen molar-refractivity contribution in [3.8, 4) is 0 Å². The number of anilines is 2. The number of nitrogens with one attached hydrogen (secondary N) is 1. The number of nitrogen functional groups attached to an aromatic ring is 1. The van der Waals surface area contributed by atoms with Crippen LogP contribution in [0.3, 0.4) is 0 Å². The van der Waals surface area contributed by atoms with Crippen LogP contribution in [0.15, 0.2) is 45.8 Å². The van der Waals surface area contributed by atoms with Crippen LogP contribution in [0, 0.1) is 5.82 Å². The number of aryl methyl sites for hydroxylation is 1. The van der Waals surface area contributed by atoms with E-state index in [1.807, 2.05) is 13.0 Å². The van der Waals surface area contributed by atoms with Crippen molar-refractivity contribution in [2.75, 3.05) is 10.5 Å². The number of hydrogen-bond donors (Lipinski definition) is 2. The number of sulfonamides is 1. The molecule has 0 radical (unpaired) electrons. The van der Waals surface area contributed by atoms with Gasteiger partial charge in [0.25, 0.3) is 10.0 Å². The standard InChI is InChI=1S/C14H14BrFN2O2S/c1-2-9-5-10(15)3-4-14(9)18-21(19,20)13-7-11(16)6-12(17)8-13/h3-8,18H,2,17H2,1H3. The Morgan fingerprint density at radius 2 is 1.95 bits per heavy atom. The van der Waals surface area contributed by atoms with E-state index in [1.54, 1.807) is 12.1 Å². The van der Waals surface area contributed by atoms with E-state index >= 15 is 0 Å². The van der Waals surface area contributed by atoms with E-state index in [4.69, 9.17) is 5.73 Å². The van der Waals surface area contributed by atoms with Crippen molar-refractivity contribution in [1.29, 1.82) is 0 Å². The molecule has 0 spiro atoms. The van der Waals surface area contributed by atoms with E-state index in [2.05, 4.69) is 20.7 Å². The van der Waals surface area contributed by atoms with Crippen molar-refractivity contribution >= 4 is 37.3 Å². The van der Waals surface area contributed by atoms with Gasteiger partial charge in [-0.3, -0.25) is 4.72 Å². The molecule has 0 amide bonds. The Balaban J connectivity index is 2.42. The minimum atomic E-state index is -3.89. The van der Waals surface area contributed by atoms with Crippen LogP contribution in [0.4, 0.5) is 15.8 Å². The zero-order valence-corrected chi connectivity index (χ0v) is 13.6. The number of nitrogens with two attached hydrogens (primary N) is 1. The molecule has 7 heteroatoms. The van der Waals surface area contributed by atoms with Gasteiger partial charge in [0, 0.05) is 10.2 Å². The summed E-state index contributed by atoms with van der Waals surface area (Å²) in [6.45, 7) is 1.92. The summed E-state index contributed by atoms with van der Waals surface area (Å²) >= 11 is 3.34. The first kappa shape index (κ1) is 15.8. The molecule has 3 N–H and O–H groups in total. The summed E-state index contributed by atoms with van der Waals surface area (Å²) in [5.41, 5.74) is 6.84. The van der Waals surface area contributed by atoms with Gasteiger partial charge in [-0.15, -0.1) is 0 Å². The van der Waals surface area contributed by atoms with Gasteiger partial charge < -0.3 is 5.73 Å². The molecule has 0 aliphatic heterocycles. The molecule has 0 aromatic heterocycles. The van der Waals surface area contributed by atoms with Crippen molar-refractivity contribution in [2.24, 2.45) is 0 Å². The van der Waals surface area contributed by atoms with Crippen LogP contribution in [0.25, 0.3) is 0 Å². The largest absolute Gasteiger partial charge is 0.399 e. The lowest BCUT2D eigenvalue weighted by Crippen LogP contribution is -2.14. The molecule has 2 rings (SSSR count). The highest BCUT2D eigenvalue weighted by atomic mass is 79.9. The number of halogens is 2. The topological polar surface area (TPSA) is 72.2 Å². The highest BCUT2D eigenvalue weighted by Gasteiger charge is 2.17. The summed E-state index contributed by atoms with van der Waals surface area (Å²) in [5.74, 6) is -0.693. The fourth-order valence-electron chi connectivity index (χ4n) is 1.90. The summed E-state index contributed by atoms with van der Waals surface area (Å²) in [6, 6.07) is 8.44. The first-order valence-corrected chi connectivity index (χ1v) is 8.47. The van der Waals surface area contributed by atoms with E-state index in [9.17, 15) is 12.8 Å². The predicted octanol–water partition coefficient (Wildman–Crippen LogP) is 3.53. The Bertz CT molecular complexity index is 758. The summed E-state index contributed by atoms with van der Waals surface area (Å²) in [6.07, 6.45) is 0.655. The molecule has 112 valence electrons. The second-order valence-electron chi connectivity index (χ2n) is 4.48. The summed E-state index contributed by atoms with van der Waals surface area (Å²) < 4.78 is 41.3. The average molecular weight is 373 g/mol. The van der Waals surface area contributed by atoms with Crippen LogP contribution in [-0.4, -0.2) is 8.42 Å². The van der Waals surface area contributed by atoms with E-state index in [0.717, 1.165) is 22.2 Å². The SMILES string of the molecule is CCc1cc(Br)ccc1NS(=O)(=O)c1cc(N)cc(F)c1. The Morgan fingerprint density at radius 1 is 1.24 bits per heavy atom. The van der Waals surface area contributed by atoms with Crippen LogP contribution < -0.4 is 10.5 Å². The van der Waals surface area contributed by atoms with Gasteiger partial charge in [-0.25, -0.2) is 12.8 Å². The Labute approximate surface area is 131 Å². The Hall–Kier alpha value is -1.60. The molecular weight excluding hydrogens is 359 g/mol. The first-order valence-electron chi connectivity index (χ1n) is 6.19. The fraction of sp³-hybridized carbons (Fsp3) is 0.143. The molecule has 0 atom stereocenters. The number of rotatable bonds is 4. The van der Waals surface area contributed by atoms with Gasteiger partial charge in [0.1, 0.15) is 5.82 Å². The molecule has 0 fully saturated rings. The Kier molecular flexibility index (Phi) is 4.53. The van der Waals surface area contributed by atoms with Crippen molar-refractivity contribution in [2.45, 2.75) is 18.2 Å². The third-order valence-electron chi connectivity index (χ3n) is 2.90. The summed E-state index contributed by atoms with van der Waals surface area (Å²) in [5, 5.41) is 0. The third-order valence-corrected chi connectivity index (χ3v) is 4.73. The molecule has 4 nitrogen and oxygen atoms in total. The molecule has 21 heavy (non-hydrogen) atoms. The van der Waals surface area contributed by atoms with E-state index in [-0.39, 0.29) is 10.6 Å². The molecule has 0 bridgehead atoms. The lowest BCUT2D eigenvalue weighted by molar-refractivity contribution is 0.595. The highest BCUT2D eigenvalue weighted by Crippen LogP contribution is 2.25. The molecule has 2 aromatic rings. The fourth-order valence-corrected chi connectivity index (χ4v) is 3.47. The molecule has 0 saturated heterocycles. The first-order chi connectivity index (χ1) is 9.81. The third kappa shape index (κ3) is 3.74. The highest BCUT2D eigenvalue weighted by molar-refractivity contribution is 9.10. The van der Waals surface area contributed by atoms with Crippen LogP contribution in [0.1, 0.15) is 12.5 Å². The van der Waals surface area contributed by atoms with Crippen LogP contribution in [0.2, 0.25) is 0 Å². The van der Waals surface area contributed by atoms with Crippen LogP contribution >= 0.6 is 15.9 Å². The monoisotopic (exact) mass is 372 g/mol. The number of benzene rings is 2. The van der Waals surface area contributed by atoms with Gasteiger partial charge >= 0.3 is 0 Å². The maximum atomic E-state index is 13.3. The van der Waals surface area contributed by atoms with Gasteiger partial charge in [-0.05, 0) is 48.4 Å². The molecule has 0 aliphatic rings. The lowest BCUT2D eigenvalue weighted by atomic mass is 10.1. The minimum absolute atomic E-state index is 0.0573. The molecule has 2 aromatic carbocycles. The summed E-state index contributed by atoms with van der Waals surface area (Å²) in [4.78, 5) is -0.204. The second kappa shape index (κ2) is 6.03. The number of hydrogen-bond acceptors (Lipinski definition) is 3. The maximum absolute atomic E-state index is 13.3. The van der Waals surface area contributed by atoms with Crippen molar-refractivity contribution in [1.82, 2.24) is 0 Å². The summed E-state index contributed by atoms with van der Waals surface area (Å²) in [7, 11) is -3.89. The van der Waals surface area contributed by atoms with Crippen molar-refractivity contribution in [3.05, 3.63) is 52.3 Å². The quantitative estimate of drug-likeness (QED) is 0.806. The van der Waals surface area contributed by atoms with E-state index in [0.29, 0.717) is 12.1 Å². The van der Waals surface area contributed by atoms with Gasteiger partial charge in [0.05, 0.1) is 10.6 Å². The normalized spacial score (nSPS) is 11.4. The molecule has 0 saturated carbocycles. The molecule has 0 unspecified atom stereocenters. The minimum Gasteiger partial charge on any atom is -0.399 e. The van der Waals surface area contributed by atoms with Gasteiger partial charge in [0.2, 0.25) is 0 Å². The lowest BCUT2D eigenvalue weighted by Gasteiger charge is -2.12. The molecule has 0 heterocycles. The van der Waals surface area contributed by atoms with Crippen molar-refractivity contribution < 1.29 is 12.8 Å². The zero-order valence-electron chi connectivity index (χ0n) is 11.2. The smallest absolute Gasteiger partial charge is 0.262 e. The van der Waals surface area contributed by atoms with Gasteiger partial charge in [0.15, 0.2) is 0 Å². The second-order valence-corrected chi connectivity index (χ2v) is 7.08.